The van der Waals surface area contributed by atoms with Crippen molar-refractivity contribution in [3.63, 3.8) is 0 Å². The van der Waals surface area contributed by atoms with Crippen molar-refractivity contribution in [3.8, 4) is 0 Å². The van der Waals surface area contributed by atoms with E-state index >= 15 is 0 Å². The van der Waals surface area contributed by atoms with Gasteiger partial charge in [-0.1, -0.05) is 22.0 Å². The molecule has 0 aromatic heterocycles. The number of nitrogens with one attached hydrogen (secondary N) is 1. The van der Waals surface area contributed by atoms with Gasteiger partial charge in [0.1, 0.15) is 0 Å². The highest BCUT2D eigenvalue weighted by atomic mass is 79.9. The summed E-state index contributed by atoms with van der Waals surface area (Å²) in [6.07, 6.45) is -0.211. The van der Waals surface area contributed by atoms with Crippen LogP contribution in [0, 0.1) is 0 Å². The van der Waals surface area contributed by atoms with Gasteiger partial charge < -0.3 is 4.74 Å². The molecule has 0 unspecified atom stereocenters. The van der Waals surface area contributed by atoms with E-state index in [2.05, 4.69) is 20.7 Å². The number of ether oxygens (including phenoxy) is 1. The third kappa shape index (κ3) is 4.80. The lowest BCUT2D eigenvalue weighted by Crippen LogP contribution is -2.14. The SMILES string of the molecule is CC(C)OC(=O)c1ccc(NS(=O)(=O)c2cccc(Br)c2)cc1. The van der Waals surface area contributed by atoms with Gasteiger partial charge in [-0.15, -0.1) is 0 Å². The summed E-state index contributed by atoms with van der Waals surface area (Å²) in [5.74, 6) is -0.443. The highest BCUT2D eigenvalue weighted by Crippen LogP contribution is 2.20. The zero-order chi connectivity index (χ0) is 17.0. The molecule has 0 spiro atoms. The van der Waals surface area contributed by atoms with E-state index in [1.165, 1.54) is 36.4 Å². The number of anilines is 1. The van der Waals surface area contributed by atoms with Gasteiger partial charge in [-0.05, 0) is 56.3 Å². The van der Waals surface area contributed by atoms with Gasteiger partial charge in [0.2, 0.25) is 0 Å². The van der Waals surface area contributed by atoms with Crippen LogP contribution in [-0.4, -0.2) is 20.5 Å². The van der Waals surface area contributed by atoms with Crippen LogP contribution in [0.15, 0.2) is 57.9 Å². The second kappa shape index (κ2) is 7.14. The molecule has 2 rings (SSSR count). The van der Waals surface area contributed by atoms with Gasteiger partial charge in [0.25, 0.3) is 10.0 Å². The maximum absolute atomic E-state index is 12.3. The Balaban J connectivity index is 2.16. The number of sulfonamides is 1. The van der Waals surface area contributed by atoms with Gasteiger partial charge in [0, 0.05) is 10.2 Å². The average molecular weight is 398 g/mol. The summed E-state index contributed by atoms with van der Waals surface area (Å²) in [7, 11) is -3.68. The maximum Gasteiger partial charge on any atom is 0.338 e. The van der Waals surface area contributed by atoms with Crippen LogP contribution in [0.1, 0.15) is 24.2 Å². The van der Waals surface area contributed by atoms with Crippen LogP contribution in [0.5, 0.6) is 0 Å². The standard InChI is InChI=1S/C16H16BrNO4S/c1-11(2)22-16(19)12-6-8-14(9-7-12)18-23(20,21)15-5-3-4-13(17)10-15/h3-11,18H,1-2H3. The highest BCUT2D eigenvalue weighted by Gasteiger charge is 2.15. The Hall–Kier alpha value is -1.86. The van der Waals surface area contributed by atoms with E-state index in [-0.39, 0.29) is 11.0 Å². The monoisotopic (exact) mass is 397 g/mol. The Labute approximate surface area is 143 Å². The lowest BCUT2D eigenvalue weighted by molar-refractivity contribution is 0.0378. The summed E-state index contributed by atoms with van der Waals surface area (Å²) in [5, 5.41) is 0. The number of rotatable bonds is 5. The van der Waals surface area contributed by atoms with Gasteiger partial charge in [0.05, 0.1) is 16.6 Å². The van der Waals surface area contributed by atoms with Crippen LogP contribution in [-0.2, 0) is 14.8 Å². The predicted molar refractivity (Wildman–Crippen MR) is 91.9 cm³/mol. The first-order valence-corrected chi connectivity index (χ1v) is 9.15. The molecular formula is C16H16BrNO4S. The first-order valence-electron chi connectivity index (χ1n) is 6.87. The van der Waals surface area contributed by atoms with Crippen LogP contribution in [0.25, 0.3) is 0 Å². The van der Waals surface area contributed by atoms with Gasteiger partial charge in [0.15, 0.2) is 0 Å². The summed E-state index contributed by atoms with van der Waals surface area (Å²) >= 11 is 3.24. The summed E-state index contributed by atoms with van der Waals surface area (Å²) < 4.78 is 32.8. The third-order valence-electron chi connectivity index (χ3n) is 2.82. The van der Waals surface area contributed by atoms with Crippen molar-refractivity contribution in [1.82, 2.24) is 0 Å². The van der Waals surface area contributed by atoms with E-state index in [0.29, 0.717) is 15.7 Å². The fourth-order valence-corrected chi connectivity index (χ4v) is 3.46. The number of carbonyl (C=O) groups excluding carboxylic acids is 1. The molecule has 0 heterocycles. The Kier molecular flexibility index (Phi) is 5.43. The highest BCUT2D eigenvalue weighted by molar-refractivity contribution is 9.10. The smallest absolute Gasteiger partial charge is 0.338 e. The molecular weight excluding hydrogens is 382 g/mol. The molecule has 0 saturated carbocycles. The third-order valence-corrected chi connectivity index (χ3v) is 4.69. The quantitative estimate of drug-likeness (QED) is 0.778. The van der Waals surface area contributed by atoms with E-state index in [1.54, 1.807) is 26.0 Å². The molecule has 0 bridgehead atoms. The van der Waals surface area contributed by atoms with Crippen LogP contribution in [0.3, 0.4) is 0 Å². The van der Waals surface area contributed by atoms with Crippen LogP contribution >= 0.6 is 15.9 Å². The normalized spacial score (nSPS) is 11.3. The second-order valence-corrected chi connectivity index (χ2v) is 7.69. The summed E-state index contributed by atoms with van der Waals surface area (Å²) in [5.41, 5.74) is 0.732. The van der Waals surface area contributed by atoms with Crippen molar-refractivity contribution in [2.75, 3.05) is 4.72 Å². The predicted octanol–water partition coefficient (Wildman–Crippen LogP) is 3.82. The van der Waals surface area contributed by atoms with Crippen LogP contribution in [0.4, 0.5) is 5.69 Å². The van der Waals surface area contributed by atoms with Gasteiger partial charge in [-0.3, -0.25) is 4.72 Å². The minimum Gasteiger partial charge on any atom is -0.459 e. The molecule has 0 atom stereocenters. The summed E-state index contributed by atoms with van der Waals surface area (Å²) in [6, 6.07) is 12.5. The van der Waals surface area contributed by atoms with E-state index in [0.717, 1.165) is 0 Å². The molecule has 7 heteroatoms. The molecule has 0 saturated heterocycles. The summed E-state index contributed by atoms with van der Waals surface area (Å²) in [4.78, 5) is 11.9. The Bertz CT molecular complexity index is 801. The number of hydrogen-bond donors (Lipinski definition) is 1. The lowest BCUT2D eigenvalue weighted by Gasteiger charge is -2.10. The minimum absolute atomic E-state index is 0.148. The number of halogens is 1. The number of hydrogen-bond acceptors (Lipinski definition) is 4. The van der Waals surface area contributed by atoms with Crippen molar-refractivity contribution in [2.24, 2.45) is 0 Å². The molecule has 1 N–H and O–H groups in total. The van der Waals surface area contributed by atoms with Gasteiger partial charge >= 0.3 is 5.97 Å². The van der Waals surface area contributed by atoms with E-state index in [1.807, 2.05) is 0 Å². The van der Waals surface area contributed by atoms with E-state index < -0.39 is 16.0 Å². The van der Waals surface area contributed by atoms with Crippen molar-refractivity contribution < 1.29 is 17.9 Å². The first-order chi connectivity index (χ1) is 10.8. The average Bonchev–Trinajstić information content (AvgIpc) is 2.47. The number of benzene rings is 2. The van der Waals surface area contributed by atoms with Gasteiger partial charge in [-0.25, -0.2) is 13.2 Å². The number of carbonyl (C=O) groups is 1. The van der Waals surface area contributed by atoms with E-state index in [4.69, 9.17) is 4.74 Å². The molecule has 0 aliphatic carbocycles. The molecule has 122 valence electrons. The fourth-order valence-electron chi connectivity index (χ4n) is 1.80. The topological polar surface area (TPSA) is 72.5 Å². The lowest BCUT2D eigenvalue weighted by atomic mass is 10.2. The minimum atomic E-state index is -3.68. The van der Waals surface area contributed by atoms with Crippen molar-refractivity contribution in [2.45, 2.75) is 24.8 Å². The van der Waals surface area contributed by atoms with E-state index in [9.17, 15) is 13.2 Å². The van der Waals surface area contributed by atoms with Crippen LogP contribution < -0.4 is 4.72 Å². The van der Waals surface area contributed by atoms with Crippen molar-refractivity contribution in [1.29, 1.82) is 0 Å². The molecule has 2 aromatic carbocycles. The zero-order valence-electron chi connectivity index (χ0n) is 12.6. The second-order valence-electron chi connectivity index (χ2n) is 5.09. The molecule has 0 amide bonds. The number of esters is 1. The van der Waals surface area contributed by atoms with Crippen molar-refractivity contribution in [3.05, 3.63) is 58.6 Å². The largest absolute Gasteiger partial charge is 0.459 e. The molecule has 23 heavy (non-hydrogen) atoms. The Morgan fingerprint density at radius 2 is 1.78 bits per heavy atom. The summed E-state index contributed by atoms with van der Waals surface area (Å²) in [6.45, 7) is 3.52. The zero-order valence-corrected chi connectivity index (χ0v) is 15.0. The first kappa shape index (κ1) is 17.5. The Morgan fingerprint density at radius 1 is 1.13 bits per heavy atom. The molecule has 0 aliphatic rings. The molecule has 2 aromatic rings. The molecule has 0 aliphatic heterocycles. The van der Waals surface area contributed by atoms with Gasteiger partial charge in [-0.2, -0.15) is 0 Å². The fraction of sp³-hybridized carbons (Fsp3) is 0.188. The molecule has 0 fully saturated rings. The Morgan fingerprint density at radius 3 is 2.35 bits per heavy atom. The maximum atomic E-state index is 12.3. The van der Waals surface area contributed by atoms with Crippen molar-refractivity contribution >= 4 is 37.6 Å². The molecule has 0 radical (unpaired) electrons. The van der Waals surface area contributed by atoms with Crippen LogP contribution in [0.2, 0.25) is 0 Å². The molecule has 5 nitrogen and oxygen atoms in total.